The summed E-state index contributed by atoms with van der Waals surface area (Å²) in [5.41, 5.74) is 2.86. The Morgan fingerprint density at radius 1 is 0.833 bits per heavy atom. The van der Waals surface area contributed by atoms with Crippen LogP contribution in [0.25, 0.3) is 0 Å². The fraction of sp³-hybridized carbons (Fsp3) is 0.727. The van der Waals surface area contributed by atoms with Gasteiger partial charge in [0.05, 0.1) is 0 Å². The molecule has 1 aromatic carbocycles. The van der Waals surface area contributed by atoms with Crippen LogP contribution in [-0.4, -0.2) is 6.54 Å². The molecule has 0 bridgehead atoms. The average Bonchev–Trinajstić information content (AvgIpc) is 2.53. The molecule has 0 amide bonds. The molecule has 0 atom stereocenters. The number of rotatable bonds is 12. The van der Waals surface area contributed by atoms with E-state index in [9.17, 15) is 0 Å². The minimum atomic E-state index is 0.171. The molecule has 1 rings (SSSR count). The molecule has 0 spiro atoms. The van der Waals surface area contributed by atoms with Crippen LogP contribution in [0, 0.1) is 0 Å². The predicted octanol–water partition coefficient (Wildman–Crippen LogP) is 8.08. The lowest BCUT2D eigenvalue weighted by molar-refractivity contribution is 0.559. The van der Waals surface area contributed by atoms with Crippen molar-refractivity contribution in [3.63, 3.8) is 0 Å². The summed E-state index contributed by atoms with van der Waals surface area (Å²) >= 11 is 3.60. The summed E-state index contributed by atoms with van der Waals surface area (Å²) < 4.78 is 1.16. The molecular formula is C22H38BrN. The molecule has 2 heteroatoms. The quantitative estimate of drug-likeness (QED) is 0.352. The molecule has 24 heavy (non-hydrogen) atoms. The highest BCUT2D eigenvalue weighted by Gasteiger charge is 2.18. The Morgan fingerprint density at radius 2 is 1.38 bits per heavy atom. The number of hydrogen-bond acceptors (Lipinski definition) is 1. The van der Waals surface area contributed by atoms with Gasteiger partial charge in [0, 0.05) is 16.7 Å². The summed E-state index contributed by atoms with van der Waals surface area (Å²) in [4.78, 5) is 0. The average molecular weight is 396 g/mol. The molecule has 0 aliphatic carbocycles. The van der Waals surface area contributed by atoms with Gasteiger partial charge in [-0.15, -0.1) is 0 Å². The summed E-state index contributed by atoms with van der Waals surface area (Å²) in [6.07, 6.45) is 13.9. The lowest BCUT2D eigenvalue weighted by Gasteiger charge is -2.24. The SMILES string of the molecule is CCCCCCCCCCCCNc1ccc(Br)cc1C(C)(C)C. The van der Waals surface area contributed by atoms with Crippen LogP contribution >= 0.6 is 15.9 Å². The fourth-order valence-electron chi connectivity index (χ4n) is 3.13. The predicted molar refractivity (Wildman–Crippen MR) is 113 cm³/mol. The van der Waals surface area contributed by atoms with Crippen LogP contribution < -0.4 is 5.32 Å². The van der Waals surface area contributed by atoms with Gasteiger partial charge >= 0.3 is 0 Å². The van der Waals surface area contributed by atoms with Crippen molar-refractivity contribution in [2.24, 2.45) is 0 Å². The summed E-state index contributed by atoms with van der Waals surface area (Å²) in [5, 5.41) is 3.65. The molecular weight excluding hydrogens is 358 g/mol. The third-order valence-corrected chi connectivity index (χ3v) is 5.13. The molecule has 0 fully saturated rings. The Balaban J connectivity index is 2.16. The standard InChI is InChI=1S/C22H38BrN/c1-5-6-7-8-9-10-11-12-13-14-17-24-21-16-15-19(23)18-20(21)22(2,3)4/h15-16,18,24H,5-14,17H2,1-4H3. The van der Waals surface area contributed by atoms with E-state index in [4.69, 9.17) is 0 Å². The van der Waals surface area contributed by atoms with Gasteiger partial charge in [-0.1, -0.05) is 101 Å². The second-order valence-electron chi connectivity index (χ2n) is 8.05. The molecule has 0 saturated heterocycles. The Labute approximate surface area is 159 Å². The highest BCUT2D eigenvalue weighted by atomic mass is 79.9. The first-order valence-corrected chi connectivity index (χ1v) is 10.8. The summed E-state index contributed by atoms with van der Waals surface area (Å²) in [5.74, 6) is 0. The Bertz CT molecular complexity index is 448. The molecule has 0 saturated carbocycles. The van der Waals surface area contributed by atoms with Crippen LogP contribution in [0.1, 0.15) is 97.5 Å². The van der Waals surface area contributed by atoms with Gasteiger partial charge in [-0.3, -0.25) is 0 Å². The van der Waals surface area contributed by atoms with Crippen molar-refractivity contribution in [2.75, 3.05) is 11.9 Å². The van der Waals surface area contributed by atoms with E-state index in [0.717, 1.165) is 11.0 Å². The van der Waals surface area contributed by atoms with E-state index >= 15 is 0 Å². The summed E-state index contributed by atoms with van der Waals surface area (Å²) in [6, 6.07) is 6.60. The molecule has 1 aromatic rings. The van der Waals surface area contributed by atoms with Gasteiger partial charge in [-0.2, -0.15) is 0 Å². The molecule has 1 N–H and O–H groups in total. The van der Waals surface area contributed by atoms with Crippen LogP contribution in [0.2, 0.25) is 0 Å². The number of anilines is 1. The van der Waals surface area contributed by atoms with Gasteiger partial charge in [0.15, 0.2) is 0 Å². The molecule has 138 valence electrons. The minimum absolute atomic E-state index is 0.171. The van der Waals surface area contributed by atoms with Crippen molar-refractivity contribution in [1.82, 2.24) is 0 Å². The topological polar surface area (TPSA) is 12.0 Å². The van der Waals surface area contributed by atoms with Gasteiger partial charge in [0.1, 0.15) is 0 Å². The molecule has 0 aliphatic rings. The maximum Gasteiger partial charge on any atom is 0.0378 e. The van der Waals surface area contributed by atoms with Gasteiger partial charge in [-0.25, -0.2) is 0 Å². The molecule has 0 heterocycles. The zero-order valence-corrected chi connectivity index (χ0v) is 18.0. The first-order valence-electron chi connectivity index (χ1n) is 9.99. The monoisotopic (exact) mass is 395 g/mol. The van der Waals surface area contributed by atoms with E-state index in [2.05, 4.69) is 67.1 Å². The molecule has 0 aromatic heterocycles. The zero-order valence-electron chi connectivity index (χ0n) is 16.4. The first-order chi connectivity index (χ1) is 11.4. The number of hydrogen-bond donors (Lipinski definition) is 1. The fourth-order valence-corrected chi connectivity index (χ4v) is 3.49. The van der Waals surface area contributed by atoms with Crippen molar-refractivity contribution in [2.45, 2.75) is 97.3 Å². The maximum absolute atomic E-state index is 3.65. The lowest BCUT2D eigenvalue weighted by Crippen LogP contribution is -2.15. The minimum Gasteiger partial charge on any atom is -0.385 e. The maximum atomic E-state index is 3.65. The van der Waals surface area contributed by atoms with Crippen molar-refractivity contribution < 1.29 is 0 Å². The Kier molecular flexibility index (Phi) is 10.7. The van der Waals surface area contributed by atoms with Gasteiger partial charge in [0.2, 0.25) is 0 Å². The second-order valence-corrected chi connectivity index (χ2v) is 8.96. The molecule has 0 radical (unpaired) electrons. The zero-order chi connectivity index (χ0) is 17.8. The third kappa shape index (κ3) is 9.11. The van der Waals surface area contributed by atoms with Crippen LogP contribution in [0.3, 0.4) is 0 Å². The van der Waals surface area contributed by atoms with Gasteiger partial charge in [0.25, 0.3) is 0 Å². The van der Waals surface area contributed by atoms with E-state index in [1.165, 1.54) is 75.5 Å². The van der Waals surface area contributed by atoms with Crippen LogP contribution in [-0.2, 0) is 5.41 Å². The summed E-state index contributed by atoms with van der Waals surface area (Å²) in [6.45, 7) is 10.2. The van der Waals surface area contributed by atoms with Gasteiger partial charge in [-0.05, 0) is 35.6 Å². The van der Waals surface area contributed by atoms with E-state index < -0.39 is 0 Å². The Morgan fingerprint density at radius 3 is 1.92 bits per heavy atom. The first kappa shape index (κ1) is 21.5. The largest absolute Gasteiger partial charge is 0.385 e. The smallest absolute Gasteiger partial charge is 0.0378 e. The van der Waals surface area contributed by atoms with Crippen LogP contribution in [0.4, 0.5) is 5.69 Å². The number of halogens is 1. The van der Waals surface area contributed by atoms with E-state index in [-0.39, 0.29) is 5.41 Å². The highest BCUT2D eigenvalue weighted by Crippen LogP contribution is 2.32. The van der Waals surface area contributed by atoms with Crippen molar-refractivity contribution in [3.05, 3.63) is 28.2 Å². The Hall–Kier alpha value is -0.500. The van der Waals surface area contributed by atoms with Crippen molar-refractivity contribution >= 4 is 21.6 Å². The van der Waals surface area contributed by atoms with E-state index in [1.807, 2.05) is 0 Å². The number of unbranched alkanes of at least 4 members (excludes halogenated alkanes) is 9. The normalized spacial score (nSPS) is 11.7. The lowest BCUT2D eigenvalue weighted by atomic mass is 9.86. The van der Waals surface area contributed by atoms with Crippen molar-refractivity contribution in [3.8, 4) is 0 Å². The van der Waals surface area contributed by atoms with Gasteiger partial charge < -0.3 is 5.32 Å². The molecule has 1 nitrogen and oxygen atoms in total. The third-order valence-electron chi connectivity index (χ3n) is 4.64. The molecule has 0 unspecified atom stereocenters. The summed E-state index contributed by atoms with van der Waals surface area (Å²) in [7, 11) is 0. The highest BCUT2D eigenvalue weighted by molar-refractivity contribution is 9.10. The van der Waals surface area contributed by atoms with E-state index in [1.54, 1.807) is 0 Å². The number of benzene rings is 1. The second kappa shape index (κ2) is 12.0. The van der Waals surface area contributed by atoms with Crippen LogP contribution in [0.5, 0.6) is 0 Å². The van der Waals surface area contributed by atoms with E-state index in [0.29, 0.717) is 0 Å². The van der Waals surface area contributed by atoms with Crippen molar-refractivity contribution in [1.29, 1.82) is 0 Å². The number of nitrogens with one attached hydrogen (secondary N) is 1. The van der Waals surface area contributed by atoms with Crippen LogP contribution in [0.15, 0.2) is 22.7 Å². The molecule has 0 aliphatic heterocycles.